The first kappa shape index (κ1) is 12.8. The molecule has 20 heavy (non-hydrogen) atoms. The van der Waals surface area contributed by atoms with E-state index in [1.165, 1.54) is 17.7 Å². The number of benzene rings is 2. The van der Waals surface area contributed by atoms with Gasteiger partial charge in [0.2, 0.25) is 0 Å². The molecule has 0 unspecified atom stereocenters. The first-order valence-electron chi connectivity index (χ1n) is 6.62. The van der Waals surface area contributed by atoms with Crippen LogP contribution < -0.4 is 10.6 Å². The molecule has 0 aliphatic carbocycles. The first-order valence-corrected chi connectivity index (χ1v) is 6.62. The fourth-order valence-corrected chi connectivity index (χ4v) is 2.46. The average molecular weight is 270 g/mol. The molecular weight excluding hydrogens is 255 g/mol. The van der Waals surface area contributed by atoms with Gasteiger partial charge in [-0.15, -0.1) is 0 Å². The lowest BCUT2D eigenvalue weighted by molar-refractivity contribution is 0.102. The monoisotopic (exact) mass is 270 g/mol. The van der Waals surface area contributed by atoms with Crippen molar-refractivity contribution in [3.8, 4) is 0 Å². The van der Waals surface area contributed by atoms with Crippen LogP contribution in [-0.2, 0) is 13.0 Å². The molecule has 3 nitrogen and oxygen atoms in total. The van der Waals surface area contributed by atoms with Crippen LogP contribution in [0.5, 0.6) is 0 Å². The van der Waals surface area contributed by atoms with Crippen LogP contribution in [0.1, 0.15) is 21.5 Å². The Morgan fingerprint density at radius 1 is 1.15 bits per heavy atom. The van der Waals surface area contributed by atoms with E-state index in [1.54, 1.807) is 12.1 Å². The van der Waals surface area contributed by atoms with E-state index in [1.807, 2.05) is 12.1 Å². The summed E-state index contributed by atoms with van der Waals surface area (Å²) < 4.78 is 12.9. The fourth-order valence-electron chi connectivity index (χ4n) is 2.46. The topological polar surface area (TPSA) is 41.1 Å². The third-order valence-electron chi connectivity index (χ3n) is 3.49. The molecule has 0 fully saturated rings. The number of carbonyl (C=O) groups is 1. The van der Waals surface area contributed by atoms with Crippen LogP contribution in [-0.4, -0.2) is 12.5 Å². The number of hydrogen-bond donors (Lipinski definition) is 2. The number of rotatable bonds is 2. The van der Waals surface area contributed by atoms with Crippen LogP contribution in [0.2, 0.25) is 0 Å². The summed E-state index contributed by atoms with van der Waals surface area (Å²) in [5.41, 5.74) is 3.55. The van der Waals surface area contributed by atoms with Crippen molar-refractivity contribution in [2.45, 2.75) is 13.0 Å². The standard InChI is InChI=1S/C16H15FN2O/c17-12-4-6-13(7-5-12)19-16(20)14-3-1-2-11-8-9-18-10-15(11)14/h1-7,18H,8-10H2,(H,19,20). The van der Waals surface area contributed by atoms with Gasteiger partial charge in [-0.2, -0.15) is 0 Å². The molecule has 0 saturated carbocycles. The molecule has 0 spiro atoms. The molecule has 3 rings (SSSR count). The van der Waals surface area contributed by atoms with E-state index in [4.69, 9.17) is 0 Å². The summed E-state index contributed by atoms with van der Waals surface area (Å²) in [4.78, 5) is 12.3. The maximum absolute atomic E-state index is 12.9. The minimum atomic E-state index is -0.315. The molecule has 0 aromatic heterocycles. The van der Waals surface area contributed by atoms with Gasteiger partial charge in [0.1, 0.15) is 5.82 Å². The number of amides is 1. The number of fused-ring (bicyclic) bond motifs is 1. The molecule has 2 aromatic carbocycles. The van der Waals surface area contributed by atoms with Gasteiger partial charge in [0.05, 0.1) is 0 Å². The Kier molecular flexibility index (Phi) is 3.48. The van der Waals surface area contributed by atoms with Crippen molar-refractivity contribution in [3.63, 3.8) is 0 Å². The molecule has 2 N–H and O–H groups in total. The third kappa shape index (κ3) is 2.56. The molecule has 1 heterocycles. The number of hydrogen-bond acceptors (Lipinski definition) is 2. The van der Waals surface area contributed by atoms with Crippen molar-refractivity contribution in [1.29, 1.82) is 0 Å². The molecule has 1 amide bonds. The Bertz CT molecular complexity index is 637. The fraction of sp³-hybridized carbons (Fsp3) is 0.188. The van der Waals surface area contributed by atoms with Crippen molar-refractivity contribution < 1.29 is 9.18 Å². The Labute approximate surface area is 116 Å². The van der Waals surface area contributed by atoms with Crippen LogP contribution in [0.25, 0.3) is 0 Å². The predicted molar refractivity (Wildman–Crippen MR) is 76.2 cm³/mol. The zero-order valence-corrected chi connectivity index (χ0v) is 10.9. The van der Waals surface area contributed by atoms with Crippen molar-refractivity contribution in [3.05, 3.63) is 65.0 Å². The maximum atomic E-state index is 12.9. The van der Waals surface area contributed by atoms with Crippen LogP contribution in [0, 0.1) is 5.82 Å². The van der Waals surface area contributed by atoms with Gasteiger partial charge in [0, 0.05) is 17.8 Å². The van der Waals surface area contributed by atoms with Gasteiger partial charge in [0.15, 0.2) is 0 Å². The highest BCUT2D eigenvalue weighted by atomic mass is 19.1. The van der Waals surface area contributed by atoms with E-state index in [-0.39, 0.29) is 11.7 Å². The Morgan fingerprint density at radius 2 is 1.95 bits per heavy atom. The molecule has 0 atom stereocenters. The SMILES string of the molecule is O=C(Nc1ccc(F)cc1)c1cccc2c1CNCC2. The van der Waals surface area contributed by atoms with Crippen LogP contribution in [0.4, 0.5) is 10.1 Å². The summed E-state index contributed by atoms with van der Waals surface area (Å²) in [6.45, 7) is 1.65. The van der Waals surface area contributed by atoms with Crippen LogP contribution >= 0.6 is 0 Å². The Balaban J connectivity index is 1.85. The molecular formula is C16H15FN2O. The normalized spacial score (nSPS) is 13.7. The highest BCUT2D eigenvalue weighted by Crippen LogP contribution is 2.20. The summed E-state index contributed by atoms with van der Waals surface area (Å²) >= 11 is 0. The zero-order chi connectivity index (χ0) is 13.9. The molecule has 1 aliphatic heterocycles. The van der Waals surface area contributed by atoms with Gasteiger partial charge >= 0.3 is 0 Å². The van der Waals surface area contributed by atoms with Crippen molar-refractivity contribution >= 4 is 11.6 Å². The highest BCUT2D eigenvalue weighted by molar-refractivity contribution is 6.05. The number of carbonyl (C=O) groups excluding carboxylic acids is 1. The van der Waals surface area contributed by atoms with Crippen molar-refractivity contribution in [2.24, 2.45) is 0 Å². The summed E-state index contributed by atoms with van der Waals surface area (Å²) in [7, 11) is 0. The minimum absolute atomic E-state index is 0.155. The van der Waals surface area contributed by atoms with Gasteiger partial charge in [-0.1, -0.05) is 12.1 Å². The first-order chi connectivity index (χ1) is 9.74. The van der Waals surface area contributed by atoms with E-state index in [9.17, 15) is 9.18 Å². The summed E-state index contributed by atoms with van der Waals surface area (Å²) in [5, 5.41) is 6.08. The van der Waals surface area contributed by atoms with E-state index in [0.29, 0.717) is 17.8 Å². The second-order valence-electron chi connectivity index (χ2n) is 4.83. The molecule has 1 aliphatic rings. The summed E-state index contributed by atoms with van der Waals surface area (Å²) in [6.07, 6.45) is 0.938. The van der Waals surface area contributed by atoms with E-state index < -0.39 is 0 Å². The molecule has 2 aromatic rings. The van der Waals surface area contributed by atoms with Gasteiger partial charge in [-0.05, 0) is 54.4 Å². The number of nitrogens with one attached hydrogen (secondary N) is 2. The average Bonchev–Trinajstić information content (AvgIpc) is 2.49. The summed E-state index contributed by atoms with van der Waals surface area (Å²) in [5.74, 6) is -0.471. The second kappa shape index (κ2) is 5.43. The van der Waals surface area contributed by atoms with Gasteiger partial charge in [-0.3, -0.25) is 4.79 Å². The van der Waals surface area contributed by atoms with E-state index in [2.05, 4.69) is 16.7 Å². The van der Waals surface area contributed by atoms with Crippen LogP contribution in [0.3, 0.4) is 0 Å². The second-order valence-corrected chi connectivity index (χ2v) is 4.83. The number of halogens is 1. The lowest BCUT2D eigenvalue weighted by atomic mass is 9.95. The molecule has 4 heteroatoms. The molecule has 0 bridgehead atoms. The van der Waals surface area contributed by atoms with E-state index in [0.717, 1.165) is 18.5 Å². The van der Waals surface area contributed by atoms with Gasteiger partial charge < -0.3 is 10.6 Å². The van der Waals surface area contributed by atoms with Gasteiger partial charge in [-0.25, -0.2) is 4.39 Å². The maximum Gasteiger partial charge on any atom is 0.255 e. The van der Waals surface area contributed by atoms with E-state index >= 15 is 0 Å². The minimum Gasteiger partial charge on any atom is -0.322 e. The van der Waals surface area contributed by atoms with Crippen LogP contribution in [0.15, 0.2) is 42.5 Å². The molecule has 0 radical (unpaired) electrons. The Hall–Kier alpha value is -2.20. The van der Waals surface area contributed by atoms with Crippen molar-refractivity contribution in [1.82, 2.24) is 5.32 Å². The lowest BCUT2D eigenvalue weighted by Crippen LogP contribution is -2.27. The van der Waals surface area contributed by atoms with Crippen molar-refractivity contribution in [2.75, 3.05) is 11.9 Å². The predicted octanol–water partition coefficient (Wildman–Crippen LogP) is 2.72. The third-order valence-corrected chi connectivity index (χ3v) is 3.49. The smallest absolute Gasteiger partial charge is 0.255 e. The molecule has 102 valence electrons. The number of anilines is 1. The largest absolute Gasteiger partial charge is 0.322 e. The molecule has 0 saturated heterocycles. The highest BCUT2D eigenvalue weighted by Gasteiger charge is 2.17. The van der Waals surface area contributed by atoms with Gasteiger partial charge in [0.25, 0.3) is 5.91 Å². The quantitative estimate of drug-likeness (QED) is 0.881. The Morgan fingerprint density at radius 3 is 2.75 bits per heavy atom. The zero-order valence-electron chi connectivity index (χ0n) is 10.9. The lowest BCUT2D eigenvalue weighted by Gasteiger charge is -2.20. The summed E-state index contributed by atoms with van der Waals surface area (Å²) in [6, 6.07) is 11.6.